The van der Waals surface area contributed by atoms with Crippen LogP contribution in [0.4, 0.5) is 0 Å². The number of nitrogens with zero attached hydrogens (tertiary/aromatic N) is 1. The molecular formula is C11H16N2O. The van der Waals surface area contributed by atoms with Gasteiger partial charge in [-0.3, -0.25) is 4.79 Å². The molecule has 0 aromatic carbocycles. The fourth-order valence-corrected chi connectivity index (χ4v) is 2.12. The Hall–Kier alpha value is -1.12. The van der Waals surface area contributed by atoms with E-state index in [0.29, 0.717) is 5.82 Å². The van der Waals surface area contributed by atoms with E-state index >= 15 is 0 Å². The number of Topliss-reactive ketones (excluding diaryl/α,β-unsaturated/α-hetero) is 1. The summed E-state index contributed by atoms with van der Waals surface area (Å²) < 4.78 is 0. The highest BCUT2D eigenvalue weighted by molar-refractivity contribution is 5.94. The summed E-state index contributed by atoms with van der Waals surface area (Å²) in [4.78, 5) is 18.8. The maximum absolute atomic E-state index is 11.9. The van der Waals surface area contributed by atoms with Crippen molar-refractivity contribution >= 4 is 5.78 Å². The number of rotatable bonds is 2. The van der Waals surface area contributed by atoms with Gasteiger partial charge in [0.1, 0.15) is 0 Å². The van der Waals surface area contributed by atoms with Gasteiger partial charge in [0.2, 0.25) is 5.78 Å². The Kier molecular flexibility index (Phi) is 2.66. The molecule has 0 saturated heterocycles. The molecule has 14 heavy (non-hydrogen) atoms. The number of aromatic amines is 1. The third-order valence-corrected chi connectivity index (χ3v) is 3.12. The summed E-state index contributed by atoms with van der Waals surface area (Å²) in [6.45, 7) is 2.26. The Labute approximate surface area is 83.9 Å². The summed E-state index contributed by atoms with van der Waals surface area (Å²) in [5.74, 6) is 1.72. The number of hydrogen-bond donors (Lipinski definition) is 1. The monoisotopic (exact) mass is 192 g/mol. The van der Waals surface area contributed by atoms with E-state index in [-0.39, 0.29) is 11.7 Å². The molecule has 1 aliphatic carbocycles. The molecule has 0 atom stereocenters. The molecule has 3 nitrogen and oxygen atoms in total. The van der Waals surface area contributed by atoms with E-state index in [2.05, 4.69) is 16.9 Å². The predicted molar refractivity (Wildman–Crippen MR) is 54.0 cm³/mol. The van der Waals surface area contributed by atoms with Crippen molar-refractivity contribution in [2.45, 2.75) is 32.6 Å². The minimum atomic E-state index is 0.196. The second-order valence-electron chi connectivity index (χ2n) is 4.26. The Bertz CT molecular complexity index is 297. The van der Waals surface area contributed by atoms with E-state index in [4.69, 9.17) is 0 Å². The zero-order valence-corrected chi connectivity index (χ0v) is 8.49. The molecule has 0 spiro atoms. The van der Waals surface area contributed by atoms with Gasteiger partial charge in [-0.05, 0) is 18.8 Å². The quantitative estimate of drug-likeness (QED) is 0.731. The standard InChI is InChI=1S/C11H16N2O/c1-8-2-4-9(5-3-8)10(14)11-12-6-7-13-11/h6-9H,2-5H2,1H3,(H,12,13). The molecule has 1 saturated carbocycles. The first-order valence-corrected chi connectivity index (χ1v) is 5.31. The van der Waals surface area contributed by atoms with Crippen LogP contribution < -0.4 is 0 Å². The summed E-state index contributed by atoms with van der Waals surface area (Å²) in [6.07, 6.45) is 7.76. The van der Waals surface area contributed by atoms with Crippen molar-refractivity contribution in [1.82, 2.24) is 9.97 Å². The van der Waals surface area contributed by atoms with Gasteiger partial charge in [-0.2, -0.15) is 0 Å². The van der Waals surface area contributed by atoms with Gasteiger partial charge in [-0.25, -0.2) is 4.98 Å². The summed E-state index contributed by atoms with van der Waals surface area (Å²) in [5, 5.41) is 0. The molecule has 1 heterocycles. The zero-order valence-electron chi connectivity index (χ0n) is 8.49. The van der Waals surface area contributed by atoms with Crippen LogP contribution in [0.2, 0.25) is 0 Å². The van der Waals surface area contributed by atoms with Crippen LogP contribution in [0.25, 0.3) is 0 Å². The molecule has 1 aromatic heterocycles. The van der Waals surface area contributed by atoms with Crippen molar-refractivity contribution in [3.8, 4) is 0 Å². The topological polar surface area (TPSA) is 45.8 Å². The first-order chi connectivity index (χ1) is 6.77. The maximum atomic E-state index is 11.9. The highest BCUT2D eigenvalue weighted by atomic mass is 16.1. The lowest BCUT2D eigenvalue weighted by Gasteiger charge is -2.24. The number of carbonyl (C=O) groups excluding carboxylic acids is 1. The number of imidazole rings is 1. The van der Waals surface area contributed by atoms with Crippen molar-refractivity contribution in [3.05, 3.63) is 18.2 Å². The van der Waals surface area contributed by atoms with Crippen LogP contribution in [0.3, 0.4) is 0 Å². The fraction of sp³-hybridized carbons (Fsp3) is 0.636. The molecule has 2 rings (SSSR count). The molecule has 1 N–H and O–H groups in total. The summed E-state index contributed by atoms with van der Waals surface area (Å²) in [7, 11) is 0. The van der Waals surface area contributed by atoms with E-state index < -0.39 is 0 Å². The first-order valence-electron chi connectivity index (χ1n) is 5.31. The van der Waals surface area contributed by atoms with Gasteiger partial charge in [0.05, 0.1) is 0 Å². The van der Waals surface area contributed by atoms with Gasteiger partial charge < -0.3 is 4.98 Å². The minimum absolute atomic E-state index is 0.196. The molecule has 3 heteroatoms. The number of carbonyl (C=O) groups is 1. The lowest BCUT2D eigenvalue weighted by Crippen LogP contribution is -2.21. The molecule has 0 unspecified atom stereocenters. The van der Waals surface area contributed by atoms with Crippen molar-refractivity contribution in [1.29, 1.82) is 0 Å². The predicted octanol–water partition coefficient (Wildman–Crippen LogP) is 2.42. The van der Waals surface area contributed by atoms with Crippen LogP contribution in [0.1, 0.15) is 43.2 Å². The normalized spacial score (nSPS) is 27.5. The van der Waals surface area contributed by atoms with Crippen LogP contribution in [0.15, 0.2) is 12.4 Å². The van der Waals surface area contributed by atoms with Gasteiger partial charge >= 0.3 is 0 Å². The third-order valence-electron chi connectivity index (χ3n) is 3.12. The molecule has 0 radical (unpaired) electrons. The van der Waals surface area contributed by atoms with Crippen molar-refractivity contribution in [3.63, 3.8) is 0 Å². The third kappa shape index (κ3) is 1.86. The van der Waals surface area contributed by atoms with Gasteiger partial charge in [0.25, 0.3) is 0 Å². The highest BCUT2D eigenvalue weighted by Gasteiger charge is 2.26. The largest absolute Gasteiger partial charge is 0.342 e. The van der Waals surface area contributed by atoms with Crippen molar-refractivity contribution in [2.75, 3.05) is 0 Å². The maximum Gasteiger partial charge on any atom is 0.201 e. The lowest BCUT2D eigenvalue weighted by atomic mass is 9.81. The van der Waals surface area contributed by atoms with Gasteiger partial charge in [0, 0.05) is 18.3 Å². The molecular weight excluding hydrogens is 176 g/mol. The van der Waals surface area contributed by atoms with Crippen LogP contribution >= 0.6 is 0 Å². The number of H-pyrrole nitrogens is 1. The minimum Gasteiger partial charge on any atom is -0.342 e. The van der Waals surface area contributed by atoms with Crippen LogP contribution in [0, 0.1) is 11.8 Å². The number of ketones is 1. The Morgan fingerprint density at radius 1 is 1.43 bits per heavy atom. The highest BCUT2D eigenvalue weighted by Crippen LogP contribution is 2.29. The Balaban J connectivity index is 1.99. The molecule has 1 aromatic rings. The van der Waals surface area contributed by atoms with Gasteiger partial charge in [0.15, 0.2) is 5.82 Å². The molecule has 0 aliphatic heterocycles. The number of nitrogens with one attached hydrogen (secondary N) is 1. The van der Waals surface area contributed by atoms with E-state index in [1.54, 1.807) is 12.4 Å². The van der Waals surface area contributed by atoms with E-state index in [1.807, 2.05) is 0 Å². The van der Waals surface area contributed by atoms with Crippen LogP contribution in [0.5, 0.6) is 0 Å². The average Bonchev–Trinajstić information content (AvgIpc) is 2.71. The van der Waals surface area contributed by atoms with Crippen LogP contribution in [-0.2, 0) is 0 Å². The molecule has 1 fully saturated rings. The van der Waals surface area contributed by atoms with Gasteiger partial charge in [-0.15, -0.1) is 0 Å². The van der Waals surface area contributed by atoms with Crippen molar-refractivity contribution in [2.24, 2.45) is 11.8 Å². The fourth-order valence-electron chi connectivity index (χ4n) is 2.12. The Morgan fingerprint density at radius 3 is 2.71 bits per heavy atom. The first kappa shape index (κ1) is 9.44. The van der Waals surface area contributed by atoms with Crippen molar-refractivity contribution < 1.29 is 4.79 Å². The SMILES string of the molecule is CC1CCC(C(=O)c2ncc[nH]2)CC1. The average molecular weight is 192 g/mol. The molecule has 76 valence electrons. The summed E-state index contributed by atoms with van der Waals surface area (Å²) >= 11 is 0. The molecule has 0 bridgehead atoms. The zero-order chi connectivity index (χ0) is 9.97. The van der Waals surface area contributed by atoms with Gasteiger partial charge in [-0.1, -0.05) is 19.8 Å². The second-order valence-corrected chi connectivity index (χ2v) is 4.26. The summed E-state index contributed by atoms with van der Waals surface area (Å²) in [6, 6.07) is 0. The second kappa shape index (κ2) is 3.95. The lowest BCUT2D eigenvalue weighted by molar-refractivity contribution is 0.0866. The van der Waals surface area contributed by atoms with E-state index in [0.717, 1.165) is 18.8 Å². The number of hydrogen-bond acceptors (Lipinski definition) is 2. The Morgan fingerprint density at radius 2 is 2.14 bits per heavy atom. The smallest absolute Gasteiger partial charge is 0.201 e. The summed E-state index contributed by atoms with van der Waals surface area (Å²) in [5.41, 5.74) is 0. The number of aromatic nitrogens is 2. The van der Waals surface area contributed by atoms with E-state index in [9.17, 15) is 4.79 Å². The molecule has 0 amide bonds. The molecule has 1 aliphatic rings. The van der Waals surface area contributed by atoms with E-state index in [1.165, 1.54) is 12.8 Å². The van der Waals surface area contributed by atoms with Crippen LogP contribution in [-0.4, -0.2) is 15.8 Å².